The highest BCUT2D eigenvalue weighted by molar-refractivity contribution is 6.00. The zero-order valence-electron chi connectivity index (χ0n) is 13.8. The number of carbonyl (C=O) groups is 1. The molecule has 3 aliphatic rings. The number of ether oxygens (including phenoxy) is 2. The van der Waals surface area contributed by atoms with Gasteiger partial charge in [0.25, 0.3) is 0 Å². The van der Waals surface area contributed by atoms with Crippen LogP contribution in [0.2, 0.25) is 0 Å². The summed E-state index contributed by atoms with van der Waals surface area (Å²) in [6.45, 7) is 5.68. The first-order chi connectivity index (χ1) is 10.2. The Bertz CT molecular complexity index is 518. The highest BCUT2D eigenvalue weighted by Gasteiger charge is 2.56. The lowest BCUT2D eigenvalue weighted by atomic mass is 9.71. The minimum atomic E-state index is -0.805. The first-order valence-electron chi connectivity index (χ1n) is 8.07. The van der Waals surface area contributed by atoms with Gasteiger partial charge in [-0.15, -0.1) is 0 Å². The minimum absolute atomic E-state index is 0.0776. The van der Waals surface area contributed by atoms with E-state index in [1.807, 2.05) is 20.8 Å². The molecule has 0 saturated heterocycles. The van der Waals surface area contributed by atoms with Gasteiger partial charge in [0.2, 0.25) is 0 Å². The molecule has 2 aliphatic carbocycles. The average Bonchev–Trinajstić information content (AvgIpc) is 2.77. The quantitative estimate of drug-likeness (QED) is 0.809. The van der Waals surface area contributed by atoms with E-state index < -0.39 is 23.4 Å². The van der Waals surface area contributed by atoms with Gasteiger partial charge in [0.15, 0.2) is 5.78 Å². The molecular weight excluding hydrogens is 284 g/mol. The molecule has 0 spiro atoms. The molecule has 3 rings (SSSR count). The molecule has 0 aromatic carbocycles. The Morgan fingerprint density at radius 1 is 1.41 bits per heavy atom. The van der Waals surface area contributed by atoms with Gasteiger partial charge >= 0.3 is 0 Å². The van der Waals surface area contributed by atoms with E-state index in [9.17, 15) is 15.0 Å². The third kappa shape index (κ3) is 2.30. The number of fused-ring (bicyclic) bond motifs is 1. The van der Waals surface area contributed by atoms with E-state index >= 15 is 0 Å². The molecule has 0 unspecified atom stereocenters. The third-order valence-electron chi connectivity index (χ3n) is 5.81. The maximum absolute atomic E-state index is 12.5. The lowest BCUT2D eigenvalue weighted by Gasteiger charge is -2.45. The van der Waals surface area contributed by atoms with Crippen LogP contribution in [0.25, 0.3) is 0 Å². The number of aliphatic hydroxyl groups is 2. The van der Waals surface area contributed by atoms with Crippen LogP contribution < -0.4 is 0 Å². The molecule has 1 fully saturated rings. The maximum atomic E-state index is 12.5. The van der Waals surface area contributed by atoms with E-state index in [4.69, 9.17) is 9.47 Å². The standard InChI is InChI=1S/C17H26O5/c1-16(2,20)10-5-6-17(3)11(10)7-9-14(19)13(21-4)8-12(18)15(9)22-17/h10-13,18,20H,5-8H2,1-4H3/t10-,11+,12+,13+,17-/m0/s1. The highest BCUT2D eigenvalue weighted by atomic mass is 16.5. The van der Waals surface area contributed by atoms with Gasteiger partial charge in [-0.25, -0.2) is 0 Å². The first kappa shape index (κ1) is 16.0. The van der Waals surface area contributed by atoms with Crippen molar-refractivity contribution in [1.29, 1.82) is 0 Å². The molecule has 124 valence electrons. The lowest BCUT2D eigenvalue weighted by Crippen LogP contribution is -2.49. The van der Waals surface area contributed by atoms with Crippen LogP contribution >= 0.6 is 0 Å². The summed E-state index contributed by atoms with van der Waals surface area (Å²) in [5, 5.41) is 20.8. The zero-order chi connectivity index (χ0) is 16.3. The van der Waals surface area contributed by atoms with Crippen LogP contribution in [0.1, 0.15) is 46.5 Å². The highest BCUT2D eigenvalue weighted by Crippen LogP contribution is 2.54. The molecule has 0 aromatic heterocycles. The summed E-state index contributed by atoms with van der Waals surface area (Å²) < 4.78 is 11.3. The molecule has 5 nitrogen and oxygen atoms in total. The first-order valence-corrected chi connectivity index (χ1v) is 8.07. The number of ketones is 1. The fourth-order valence-corrected chi connectivity index (χ4v) is 4.52. The lowest BCUT2D eigenvalue weighted by molar-refractivity contribution is -0.137. The molecule has 22 heavy (non-hydrogen) atoms. The van der Waals surface area contributed by atoms with Crippen molar-refractivity contribution in [2.75, 3.05) is 7.11 Å². The van der Waals surface area contributed by atoms with Crippen molar-refractivity contribution in [3.8, 4) is 0 Å². The van der Waals surface area contributed by atoms with Crippen LogP contribution in [0.4, 0.5) is 0 Å². The number of hydrogen-bond acceptors (Lipinski definition) is 5. The minimum Gasteiger partial charge on any atom is -0.488 e. The number of aliphatic hydroxyl groups excluding tert-OH is 1. The molecular formula is C17H26O5. The molecule has 5 heteroatoms. The second-order valence-electron chi connectivity index (χ2n) is 7.71. The van der Waals surface area contributed by atoms with Crippen molar-refractivity contribution in [3.63, 3.8) is 0 Å². The van der Waals surface area contributed by atoms with E-state index in [-0.39, 0.29) is 24.0 Å². The van der Waals surface area contributed by atoms with E-state index in [0.717, 1.165) is 12.8 Å². The molecule has 5 atom stereocenters. The largest absolute Gasteiger partial charge is 0.488 e. The average molecular weight is 310 g/mol. The van der Waals surface area contributed by atoms with Crippen LogP contribution in [0.15, 0.2) is 11.3 Å². The summed E-state index contributed by atoms with van der Waals surface area (Å²) in [6, 6.07) is 0. The Morgan fingerprint density at radius 3 is 2.68 bits per heavy atom. The smallest absolute Gasteiger partial charge is 0.191 e. The molecule has 1 aliphatic heterocycles. The van der Waals surface area contributed by atoms with Gasteiger partial charge in [0.1, 0.15) is 23.6 Å². The van der Waals surface area contributed by atoms with Crippen LogP contribution in [0.3, 0.4) is 0 Å². The van der Waals surface area contributed by atoms with Crippen molar-refractivity contribution >= 4 is 5.78 Å². The van der Waals surface area contributed by atoms with Gasteiger partial charge < -0.3 is 19.7 Å². The van der Waals surface area contributed by atoms with Gasteiger partial charge in [0, 0.05) is 25.0 Å². The maximum Gasteiger partial charge on any atom is 0.191 e. The second-order valence-corrected chi connectivity index (χ2v) is 7.71. The van der Waals surface area contributed by atoms with Crippen LogP contribution in [-0.4, -0.2) is 46.5 Å². The van der Waals surface area contributed by atoms with Gasteiger partial charge in [-0.05, 0) is 46.0 Å². The Morgan fingerprint density at radius 2 is 2.09 bits per heavy atom. The summed E-state index contributed by atoms with van der Waals surface area (Å²) in [4.78, 5) is 12.5. The zero-order valence-corrected chi connectivity index (χ0v) is 13.8. The molecule has 0 amide bonds. The Hall–Kier alpha value is -0.910. The second kappa shape index (κ2) is 5.05. The van der Waals surface area contributed by atoms with Gasteiger partial charge in [0.05, 0.1) is 5.60 Å². The molecule has 0 radical (unpaired) electrons. The predicted octanol–water partition coefficient (Wildman–Crippen LogP) is 1.57. The van der Waals surface area contributed by atoms with Crippen LogP contribution in [-0.2, 0) is 14.3 Å². The van der Waals surface area contributed by atoms with Crippen molar-refractivity contribution in [1.82, 2.24) is 0 Å². The van der Waals surface area contributed by atoms with Crippen molar-refractivity contribution in [2.45, 2.75) is 69.9 Å². The van der Waals surface area contributed by atoms with Crippen LogP contribution in [0, 0.1) is 11.8 Å². The van der Waals surface area contributed by atoms with Crippen molar-refractivity contribution in [2.24, 2.45) is 11.8 Å². The van der Waals surface area contributed by atoms with Crippen molar-refractivity contribution in [3.05, 3.63) is 11.3 Å². The normalized spacial score (nSPS) is 42.0. The third-order valence-corrected chi connectivity index (χ3v) is 5.81. The topological polar surface area (TPSA) is 76.0 Å². The summed E-state index contributed by atoms with van der Waals surface area (Å²) in [6.07, 6.45) is 1.13. The number of rotatable bonds is 2. The fraction of sp³-hybridized carbons (Fsp3) is 0.824. The fourth-order valence-electron chi connectivity index (χ4n) is 4.52. The Balaban J connectivity index is 1.97. The predicted molar refractivity (Wildman–Crippen MR) is 80.1 cm³/mol. The molecule has 1 saturated carbocycles. The van der Waals surface area contributed by atoms with Crippen molar-refractivity contribution < 1.29 is 24.5 Å². The molecule has 0 bridgehead atoms. The van der Waals surface area contributed by atoms with Gasteiger partial charge in [-0.3, -0.25) is 4.79 Å². The summed E-state index contributed by atoms with van der Waals surface area (Å²) in [5.41, 5.74) is -0.657. The summed E-state index contributed by atoms with van der Waals surface area (Å²) in [5.74, 6) is 0.525. The monoisotopic (exact) mass is 310 g/mol. The SMILES string of the molecule is CO[C@@H]1C[C@@H](O)C2=C(C[C@@H]3[C@@H](C(C)(C)O)CC[C@]3(C)O2)C1=O. The van der Waals surface area contributed by atoms with Gasteiger partial charge in [-0.2, -0.15) is 0 Å². The number of methoxy groups -OCH3 is 1. The Kier molecular flexibility index (Phi) is 3.66. The summed E-state index contributed by atoms with van der Waals surface area (Å²) in [7, 11) is 1.49. The number of hydrogen-bond donors (Lipinski definition) is 2. The van der Waals surface area contributed by atoms with E-state index in [0.29, 0.717) is 17.8 Å². The van der Waals surface area contributed by atoms with E-state index in [1.54, 1.807) is 0 Å². The Labute approximate surface area is 131 Å². The molecule has 2 N–H and O–H groups in total. The molecule has 1 heterocycles. The number of carbonyl (C=O) groups excluding carboxylic acids is 1. The number of Topliss-reactive ketones (excluding diaryl/α,β-unsaturated/α-hetero) is 1. The van der Waals surface area contributed by atoms with Gasteiger partial charge in [-0.1, -0.05) is 0 Å². The summed E-state index contributed by atoms with van der Waals surface area (Å²) >= 11 is 0. The van der Waals surface area contributed by atoms with Crippen LogP contribution in [0.5, 0.6) is 0 Å². The van der Waals surface area contributed by atoms with E-state index in [2.05, 4.69) is 0 Å². The van der Waals surface area contributed by atoms with E-state index in [1.165, 1.54) is 7.11 Å². The molecule has 0 aromatic rings.